The lowest BCUT2D eigenvalue weighted by Crippen LogP contribution is -2.24. The molecule has 33 heavy (non-hydrogen) atoms. The first-order chi connectivity index (χ1) is 16.2. The monoisotopic (exact) mass is 478 g/mol. The van der Waals surface area contributed by atoms with Crippen molar-refractivity contribution in [2.24, 2.45) is 0 Å². The molecule has 0 spiro atoms. The number of esters is 1. The van der Waals surface area contributed by atoms with Crippen LogP contribution < -0.4 is 10.6 Å². The molecular formula is C24H22N4O3S2. The third kappa shape index (κ3) is 6.96. The van der Waals surface area contributed by atoms with Crippen LogP contribution in [0.25, 0.3) is 0 Å². The molecule has 4 aromatic rings. The number of hydrogen-bond acceptors (Lipinski definition) is 8. The molecule has 0 atom stereocenters. The Hall–Kier alpha value is -3.56. The Morgan fingerprint density at radius 2 is 1.55 bits per heavy atom. The van der Waals surface area contributed by atoms with Gasteiger partial charge in [0.05, 0.1) is 12.1 Å². The summed E-state index contributed by atoms with van der Waals surface area (Å²) in [5, 5.41) is 10.9. The summed E-state index contributed by atoms with van der Waals surface area (Å²) >= 11 is 2.72. The van der Waals surface area contributed by atoms with Crippen molar-refractivity contribution in [3.63, 3.8) is 0 Å². The second-order valence-corrected chi connectivity index (χ2v) is 8.93. The van der Waals surface area contributed by atoms with E-state index in [9.17, 15) is 9.59 Å². The fraction of sp³-hybridized carbons (Fsp3) is 0.167. The van der Waals surface area contributed by atoms with Gasteiger partial charge in [-0.25, -0.2) is 14.8 Å². The SMILES string of the molecule is O=C(Cc1nc(COC(=O)c2csc(NCc3ccccc3)n2)cs1)NCc1ccccc1. The topological polar surface area (TPSA) is 93.2 Å². The van der Waals surface area contributed by atoms with Gasteiger partial charge in [0.2, 0.25) is 5.91 Å². The molecule has 0 saturated heterocycles. The Morgan fingerprint density at radius 1 is 0.848 bits per heavy atom. The molecule has 0 aliphatic carbocycles. The van der Waals surface area contributed by atoms with E-state index >= 15 is 0 Å². The van der Waals surface area contributed by atoms with Crippen molar-refractivity contribution in [1.82, 2.24) is 15.3 Å². The van der Waals surface area contributed by atoms with Gasteiger partial charge < -0.3 is 15.4 Å². The number of carbonyl (C=O) groups is 2. The maximum absolute atomic E-state index is 12.3. The van der Waals surface area contributed by atoms with Gasteiger partial charge in [-0.1, -0.05) is 60.7 Å². The number of ether oxygens (including phenoxy) is 1. The van der Waals surface area contributed by atoms with Crippen LogP contribution in [0.3, 0.4) is 0 Å². The van der Waals surface area contributed by atoms with Crippen LogP contribution in [-0.4, -0.2) is 21.8 Å². The number of aromatic nitrogens is 2. The molecule has 2 N–H and O–H groups in total. The number of anilines is 1. The molecule has 2 aromatic heterocycles. The van der Waals surface area contributed by atoms with Crippen LogP contribution in [0.2, 0.25) is 0 Å². The molecule has 9 heteroatoms. The van der Waals surface area contributed by atoms with Crippen molar-refractivity contribution in [3.05, 3.63) is 98.9 Å². The predicted octanol–water partition coefficient (Wildman–Crippen LogP) is 4.43. The number of carbonyl (C=O) groups excluding carboxylic acids is 2. The van der Waals surface area contributed by atoms with Crippen LogP contribution in [0, 0.1) is 0 Å². The first-order valence-electron chi connectivity index (χ1n) is 10.3. The van der Waals surface area contributed by atoms with Gasteiger partial charge in [-0.3, -0.25) is 4.79 Å². The van der Waals surface area contributed by atoms with Crippen LogP contribution in [-0.2, 0) is 35.6 Å². The summed E-state index contributed by atoms with van der Waals surface area (Å²) in [6.45, 7) is 1.14. The molecule has 0 radical (unpaired) electrons. The third-order valence-corrected chi connectivity index (χ3v) is 6.29. The van der Waals surface area contributed by atoms with Crippen LogP contribution in [0.5, 0.6) is 0 Å². The Kier molecular flexibility index (Phi) is 7.78. The minimum absolute atomic E-state index is 0.0330. The van der Waals surface area contributed by atoms with Crippen molar-refractivity contribution in [3.8, 4) is 0 Å². The first kappa shape index (κ1) is 22.6. The third-order valence-electron chi connectivity index (χ3n) is 4.59. The molecule has 0 bridgehead atoms. The minimum atomic E-state index is -0.505. The fourth-order valence-electron chi connectivity index (χ4n) is 2.93. The fourth-order valence-corrected chi connectivity index (χ4v) is 4.38. The zero-order chi connectivity index (χ0) is 22.9. The van der Waals surface area contributed by atoms with E-state index in [1.165, 1.54) is 22.7 Å². The van der Waals surface area contributed by atoms with E-state index < -0.39 is 5.97 Å². The van der Waals surface area contributed by atoms with Crippen LogP contribution in [0.1, 0.15) is 32.3 Å². The molecule has 0 saturated carbocycles. The normalized spacial score (nSPS) is 10.5. The van der Waals surface area contributed by atoms with Gasteiger partial charge >= 0.3 is 5.97 Å². The lowest BCUT2D eigenvalue weighted by atomic mass is 10.2. The highest BCUT2D eigenvalue weighted by molar-refractivity contribution is 7.13. The minimum Gasteiger partial charge on any atom is -0.454 e. The number of hydrogen-bond donors (Lipinski definition) is 2. The maximum Gasteiger partial charge on any atom is 0.358 e. The number of amides is 1. The van der Waals surface area contributed by atoms with Crippen LogP contribution >= 0.6 is 22.7 Å². The average molecular weight is 479 g/mol. The zero-order valence-electron chi connectivity index (χ0n) is 17.7. The van der Waals surface area contributed by atoms with E-state index in [1.54, 1.807) is 10.8 Å². The van der Waals surface area contributed by atoms with Crippen LogP contribution in [0.15, 0.2) is 71.4 Å². The number of rotatable bonds is 10. The summed E-state index contributed by atoms with van der Waals surface area (Å²) in [5.41, 5.74) is 3.03. The molecule has 2 heterocycles. The van der Waals surface area contributed by atoms with E-state index in [-0.39, 0.29) is 24.6 Å². The Balaban J connectivity index is 1.21. The van der Waals surface area contributed by atoms with Gasteiger partial charge in [0.1, 0.15) is 11.6 Å². The van der Waals surface area contributed by atoms with E-state index in [0.717, 1.165) is 11.1 Å². The Labute approximate surface area is 199 Å². The van der Waals surface area contributed by atoms with E-state index in [0.29, 0.717) is 28.9 Å². The van der Waals surface area contributed by atoms with E-state index in [2.05, 4.69) is 20.6 Å². The quantitative estimate of drug-likeness (QED) is 0.328. The molecule has 7 nitrogen and oxygen atoms in total. The van der Waals surface area contributed by atoms with Crippen molar-refractivity contribution in [1.29, 1.82) is 0 Å². The van der Waals surface area contributed by atoms with Crippen molar-refractivity contribution in [2.75, 3.05) is 5.32 Å². The molecule has 0 aliphatic rings. The molecule has 1 amide bonds. The summed E-state index contributed by atoms with van der Waals surface area (Å²) in [4.78, 5) is 33.1. The molecule has 168 valence electrons. The van der Waals surface area contributed by atoms with Crippen molar-refractivity contribution in [2.45, 2.75) is 26.1 Å². The smallest absolute Gasteiger partial charge is 0.358 e. The average Bonchev–Trinajstić information content (AvgIpc) is 3.51. The largest absolute Gasteiger partial charge is 0.454 e. The molecule has 4 rings (SSSR count). The molecule has 0 aliphatic heterocycles. The lowest BCUT2D eigenvalue weighted by Gasteiger charge is -2.04. The second kappa shape index (κ2) is 11.3. The maximum atomic E-state index is 12.3. The van der Waals surface area contributed by atoms with E-state index in [4.69, 9.17) is 4.74 Å². The van der Waals surface area contributed by atoms with Gasteiger partial charge in [0.25, 0.3) is 0 Å². The van der Waals surface area contributed by atoms with Gasteiger partial charge in [0, 0.05) is 23.8 Å². The summed E-state index contributed by atoms with van der Waals surface area (Å²) in [5.74, 6) is -0.607. The molecular weight excluding hydrogens is 456 g/mol. The number of benzene rings is 2. The highest BCUT2D eigenvalue weighted by atomic mass is 32.1. The number of nitrogens with one attached hydrogen (secondary N) is 2. The molecule has 2 aromatic carbocycles. The highest BCUT2D eigenvalue weighted by Crippen LogP contribution is 2.18. The lowest BCUT2D eigenvalue weighted by molar-refractivity contribution is -0.120. The second-order valence-electron chi connectivity index (χ2n) is 7.12. The Bertz CT molecular complexity index is 1190. The summed E-state index contributed by atoms with van der Waals surface area (Å²) in [6.07, 6.45) is 0.188. The van der Waals surface area contributed by atoms with Crippen molar-refractivity contribution >= 4 is 39.7 Å². The van der Waals surface area contributed by atoms with Gasteiger partial charge in [0.15, 0.2) is 10.8 Å². The molecule has 0 fully saturated rings. The summed E-state index contributed by atoms with van der Waals surface area (Å²) in [7, 11) is 0. The first-order valence-corrected chi connectivity index (χ1v) is 12.1. The summed E-state index contributed by atoms with van der Waals surface area (Å²) in [6, 6.07) is 19.7. The zero-order valence-corrected chi connectivity index (χ0v) is 19.3. The van der Waals surface area contributed by atoms with Crippen molar-refractivity contribution < 1.29 is 14.3 Å². The van der Waals surface area contributed by atoms with E-state index in [1.807, 2.05) is 60.7 Å². The Morgan fingerprint density at radius 3 is 2.27 bits per heavy atom. The highest BCUT2D eigenvalue weighted by Gasteiger charge is 2.14. The standard InChI is InChI=1S/C24H22N4O3S2/c29-21(25-12-17-7-3-1-4-8-17)11-22-27-19(15-32-22)14-31-23(30)20-16-33-24(28-20)26-13-18-9-5-2-6-10-18/h1-10,15-16H,11-14H2,(H,25,29)(H,26,28). The van der Waals surface area contributed by atoms with Gasteiger partial charge in [-0.05, 0) is 11.1 Å². The predicted molar refractivity (Wildman–Crippen MR) is 129 cm³/mol. The summed E-state index contributed by atoms with van der Waals surface area (Å²) < 4.78 is 5.33. The van der Waals surface area contributed by atoms with Crippen LogP contribution in [0.4, 0.5) is 5.13 Å². The molecule has 0 unspecified atom stereocenters. The number of thiazole rings is 2. The van der Waals surface area contributed by atoms with Gasteiger partial charge in [-0.15, -0.1) is 22.7 Å². The van der Waals surface area contributed by atoms with Gasteiger partial charge in [-0.2, -0.15) is 0 Å². The number of nitrogens with zero attached hydrogens (tertiary/aromatic N) is 2.